The minimum absolute atomic E-state index is 0.331. The molecule has 9 heteroatoms. The van der Waals surface area contributed by atoms with Crippen molar-refractivity contribution >= 4 is 16.7 Å². The van der Waals surface area contributed by atoms with E-state index < -0.39 is 6.29 Å². The number of pyridine rings is 1. The van der Waals surface area contributed by atoms with E-state index in [1.54, 1.807) is 0 Å². The molecule has 0 amide bonds. The number of nitrogens with zero attached hydrogens (tertiary/aromatic N) is 6. The molecule has 0 saturated carbocycles. The number of nitrogens with one attached hydrogen (secondary N) is 1. The number of aromatic amines is 1. The van der Waals surface area contributed by atoms with Crippen molar-refractivity contribution in [1.82, 2.24) is 35.2 Å². The van der Waals surface area contributed by atoms with Crippen LogP contribution in [0.1, 0.15) is 62.9 Å². The molecular formula is C35H37N7O2. The van der Waals surface area contributed by atoms with Crippen molar-refractivity contribution in [1.29, 1.82) is 0 Å². The highest BCUT2D eigenvalue weighted by atomic mass is 16.7. The molecule has 3 aromatic heterocycles. The number of unbranched alkanes of at least 4 members (excludes halogenated alkanes) is 1. The molecule has 1 unspecified atom stereocenters. The number of H-pyrrole nitrogens is 1. The lowest BCUT2D eigenvalue weighted by atomic mass is 9.84. The van der Waals surface area contributed by atoms with Crippen molar-refractivity contribution in [2.45, 2.75) is 58.8 Å². The molecule has 1 atom stereocenters. The molecule has 0 spiro atoms. The monoisotopic (exact) mass is 587 g/mol. The molecule has 1 saturated heterocycles. The van der Waals surface area contributed by atoms with Crippen LogP contribution in [0, 0.1) is 5.92 Å². The SMILES string of the molecule is CCCCc1nc2cc(-c3ccccc3)c(C3OCCCO3)nc2n1CC1=CC=C(c2ccccc2-c2nn[nH]n2)CC1C. The summed E-state index contributed by atoms with van der Waals surface area (Å²) < 4.78 is 14.5. The number of hydrogen-bond acceptors (Lipinski definition) is 7. The van der Waals surface area contributed by atoms with Gasteiger partial charge in [-0.25, -0.2) is 9.97 Å². The Morgan fingerprint density at radius 2 is 1.73 bits per heavy atom. The third-order valence-electron chi connectivity index (χ3n) is 8.58. The van der Waals surface area contributed by atoms with Gasteiger partial charge in [0.15, 0.2) is 5.65 Å². The van der Waals surface area contributed by atoms with Gasteiger partial charge in [0.1, 0.15) is 17.0 Å². The lowest BCUT2D eigenvalue weighted by Gasteiger charge is -2.25. The Morgan fingerprint density at radius 3 is 2.48 bits per heavy atom. The second-order valence-electron chi connectivity index (χ2n) is 11.6. The zero-order chi connectivity index (χ0) is 29.9. The second kappa shape index (κ2) is 12.6. The summed E-state index contributed by atoms with van der Waals surface area (Å²) in [7, 11) is 0. The first-order chi connectivity index (χ1) is 21.7. The van der Waals surface area contributed by atoms with Gasteiger partial charge in [0, 0.05) is 24.1 Å². The predicted molar refractivity (Wildman–Crippen MR) is 170 cm³/mol. The van der Waals surface area contributed by atoms with Crippen molar-refractivity contribution in [2.24, 2.45) is 5.92 Å². The van der Waals surface area contributed by atoms with Crippen LogP contribution in [0.25, 0.3) is 39.3 Å². The number of tetrazole rings is 1. The van der Waals surface area contributed by atoms with Crippen molar-refractivity contribution < 1.29 is 9.47 Å². The van der Waals surface area contributed by atoms with Crippen LogP contribution in [0.2, 0.25) is 0 Å². The molecule has 0 bridgehead atoms. The Labute approximate surface area is 257 Å². The number of benzene rings is 2. The number of aromatic nitrogens is 7. The Morgan fingerprint density at radius 1 is 0.932 bits per heavy atom. The first-order valence-corrected chi connectivity index (χ1v) is 15.6. The van der Waals surface area contributed by atoms with Crippen LogP contribution in [0.4, 0.5) is 0 Å². The maximum absolute atomic E-state index is 6.10. The smallest absolute Gasteiger partial charge is 0.205 e. The first-order valence-electron chi connectivity index (χ1n) is 15.6. The first kappa shape index (κ1) is 28.3. The van der Waals surface area contributed by atoms with Crippen molar-refractivity contribution in [3.05, 3.63) is 95.5 Å². The van der Waals surface area contributed by atoms with Crippen LogP contribution < -0.4 is 0 Å². The average molecular weight is 588 g/mol. The molecule has 2 aromatic carbocycles. The van der Waals surface area contributed by atoms with E-state index in [2.05, 4.69) is 99.7 Å². The molecule has 1 aliphatic heterocycles. The molecule has 44 heavy (non-hydrogen) atoms. The van der Waals surface area contributed by atoms with E-state index in [-0.39, 0.29) is 0 Å². The molecule has 9 nitrogen and oxygen atoms in total. The maximum Gasteiger partial charge on any atom is 0.205 e. The average Bonchev–Trinajstić information content (AvgIpc) is 3.73. The summed E-state index contributed by atoms with van der Waals surface area (Å²) in [6, 6.07) is 20.8. The van der Waals surface area contributed by atoms with E-state index in [0.29, 0.717) is 25.0 Å². The third-order valence-corrected chi connectivity index (χ3v) is 8.58. The quantitative estimate of drug-likeness (QED) is 0.196. The predicted octanol–water partition coefficient (Wildman–Crippen LogP) is 7.11. The van der Waals surface area contributed by atoms with Crippen LogP contribution in [0.3, 0.4) is 0 Å². The maximum atomic E-state index is 6.10. The van der Waals surface area contributed by atoms with Gasteiger partial charge in [-0.3, -0.25) is 0 Å². The molecule has 7 rings (SSSR count). The molecule has 0 radical (unpaired) electrons. The lowest BCUT2D eigenvalue weighted by Crippen LogP contribution is -2.20. The zero-order valence-electron chi connectivity index (χ0n) is 25.2. The van der Waals surface area contributed by atoms with Crippen LogP contribution in [0.5, 0.6) is 0 Å². The molecule has 1 aliphatic carbocycles. The fourth-order valence-corrected chi connectivity index (χ4v) is 6.20. The third kappa shape index (κ3) is 5.60. The van der Waals surface area contributed by atoms with E-state index in [0.717, 1.165) is 83.6 Å². The highest BCUT2D eigenvalue weighted by Gasteiger charge is 2.26. The molecular weight excluding hydrogens is 550 g/mol. The second-order valence-corrected chi connectivity index (χ2v) is 11.6. The highest BCUT2D eigenvalue weighted by Crippen LogP contribution is 2.38. The number of hydrogen-bond donors (Lipinski definition) is 1. The van der Waals surface area contributed by atoms with Gasteiger partial charge in [-0.2, -0.15) is 5.21 Å². The number of fused-ring (bicyclic) bond motifs is 1. The molecule has 1 N–H and O–H groups in total. The Hall–Kier alpha value is -4.47. The summed E-state index contributed by atoms with van der Waals surface area (Å²) in [5.74, 6) is 2.01. The largest absolute Gasteiger partial charge is 0.347 e. The Bertz CT molecular complexity index is 1800. The molecule has 2 aliphatic rings. The minimum atomic E-state index is -0.497. The Kier molecular flexibility index (Phi) is 8.13. The molecule has 224 valence electrons. The Balaban J connectivity index is 1.29. The van der Waals surface area contributed by atoms with Gasteiger partial charge in [-0.05, 0) is 58.7 Å². The molecule has 5 aromatic rings. The lowest BCUT2D eigenvalue weighted by molar-refractivity contribution is -0.184. The molecule has 1 fully saturated rings. The van der Waals surface area contributed by atoms with E-state index in [9.17, 15) is 0 Å². The summed E-state index contributed by atoms with van der Waals surface area (Å²) >= 11 is 0. The van der Waals surface area contributed by atoms with Crippen molar-refractivity contribution in [2.75, 3.05) is 13.2 Å². The van der Waals surface area contributed by atoms with E-state index >= 15 is 0 Å². The van der Waals surface area contributed by atoms with Gasteiger partial charge in [-0.15, -0.1) is 10.2 Å². The van der Waals surface area contributed by atoms with Gasteiger partial charge in [0.2, 0.25) is 12.1 Å². The van der Waals surface area contributed by atoms with Gasteiger partial charge in [-0.1, -0.05) is 87.0 Å². The number of allylic oxidation sites excluding steroid dienone is 4. The van der Waals surface area contributed by atoms with E-state index in [4.69, 9.17) is 19.4 Å². The van der Waals surface area contributed by atoms with Crippen LogP contribution in [0.15, 0.2) is 78.4 Å². The van der Waals surface area contributed by atoms with E-state index in [1.807, 2.05) is 12.1 Å². The van der Waals surface area contributed by atoms with Gasteiger partial charge >= 0.3 is 0 Å². The normalized spacial score (nSPS) is 17.5. The summed E-state index contributed by atoms with van der Waals surface area (Å²) in [4.78, 5) is 10.5. The summed E-state index contributed by atoms with van der Waals surface area (Å²) in [5, 5.41) is 14.8. The fourth-order valence-electron chi connectivity index (χ4n) is 6.20. The molecule has 4 heterocycles. The summed E-state index contributed by atoms with van der Waals surface area (Å²) in [6.45, 7) is 6.58. The van der Waals surface area contributed by atoms with E-state index in [1.165, 1.54) is 11.1 Å². The van der Waals surface area contributed by atoms with Gasteiger partial charge in [0.05, 0.1) is 13.2 Å². The van der Waals surface area contributed by atoms with Crippen LogP contribution in [-0.4, -0.2) is 48.4 Å². The highest BCUT2D eigenvalue weighted by molar-refractivity contribution is 5.82. The summed E-state index contributed by atoms with van der Waals surface area (Å²) in [5.41, 5.74) is 9.44. The van der Waals surface area contributed by atoms with Gasteiger partial charge in [0.25, 0.3) is 0 Å². The number of rotatable bonds is 9. The number of ether oxygens (including phenoxy) is 2. The zero-order valence-corrected chi connectivity index (χ0v) is 25.2. The standard InChI is InChI=1S/C35H37N7O2/c1-3-4-15-31-36-30-21-29(24-11-6-5-7-12-24)32(35-43-18-10-19-44-35)37-34(30)42(31)22-26-17-16-25(20-23(26)2)27-13-8-9-14-28(27)33-38-40-41-39-33/h5-9,11-14,16-17,21,23,35H,3-4,10,15,18-20,22H2,1-2H3,(H,38,39,40,41). The topological polar surface area (TPSA) is 104 Å². The van der Waals surface area contributed by atoms with Crippen LogP contribution in [-0.2, 0) is 22.4 Å². The van der Waals surface area contributed by atoms with Crippen molar-refractivity contribution in [3.63, 3.8) is 0 Å². The fraction of sp³-hybridized carbons (Fsp3) is 0.343. The number of imidazole rings is 1. The van der Waals surface area contributed by atoms with Gasteiger partial charge < -0.3 is 14.0 Å². The number of aryl methyl sites for hydroxylation is 1. The van der Waals surface area contributed by atoms with Crippen molar-refractivity contribution in [3.8, 4) is 22.5 Å². The summed E-state index contributed by atoms with van der Waals surface area (Å²) in [6.07, 6.45) is 8.91. The minimum Gasteiger partial charge on any atom is -0.347 e. The van der Waals surface area contributed by atoms with Crippen LogP contribution >= 0.6 is 0 Å².